The largest absolute Gasteiger partial charge is 1.00 e. The van der Waals surface area contributed by atoms with Gasteiger partial charge in [-0.1, -0.05) is 34.1 Å². The molecule has 0 saturated carbocycles. The molecular formula is C6H5BrNa+. The minimum atomic E-state index is 0. The molecule has 36 valence electrons. The molecule has 1 rings (SSSR count). The van der Waals surface area contributed by atoms with Gasteiger partial charge < -0.3 is 0 Å². The van der Waals surface area contributed by atoms with Crippen molar-refractivity contribution in [3.05, 3.63) is 34.8 Å². The van der Waals surface area contributed by atoms with Crippen molar-refractivity contribution in [2.24, 2.45) is 0 Å². The van der Waals surface area contributed by atoms with Crippen molar-refractivity contribution >= 4 is 15.9 Å². The van der Waals surface area contributed by atoms with Crippen LogP contribution in [-0.2, 0) is 0 Å². The Balaban J connectivity index is 0.000000490. The number of rotatable bonds is 0. The summed E-state index contributed by atoms with van der Waals surface area (Å²) in [6.07, 6.45) is 0. The second-order valence-corrected chi connectivity index (χ2v) is 2.21. The van der Waals surface area contributed by atoms with E-state index in [1.165, 1.54) is 0 Å². The van der Waals surface area contributed by atoms with Crippen LogP contribution in [0.3, 0.4) is 0 Å². The van der Waals surface area contributed by atoms with Gasteiger partial charge in [0.25, 0.3) is 0 Å². The third kappa shape index (κ3) is 2.88. The zero-order valence-corrected chi connectivity index (χ0v) is 8.35. The molecule has 1 aromatic rings. The first-order valence-corrected chi connectivity index (χ1v) is 2.89. The van der Waals surface area contributed by atoms with Gasteiger partial charge in [0.2, 0.25) is 0 Å². The summed E-state index contributed by atoms with van der Waals surface area (Å²) in [6, 6.07) is 9.97. The second kappa shape index (κ2) is 4.57. The number of benzene rings is 1. The average Bonchev–Trinajstić information content (AvgIpc) is 1.69. The molecule has 1 aromatic carbocycles. The Kier molecular flexibility index (Phi) is 4.97. The molecule has 0 aliphatic rings. The zero-order valence-electron chi connectivity index (χ0n) is 4.76. The summed E-state index contributed by atoms with van der Waals surface area (Å²) in [5.74, 6) is 0. The average molecular weight is 180 g/mol. The molecule has 0 aliphatic heterocycles. The maximum atomic E-state index is 3.31. The number of halogens is 1. The third-order valence-electron chi connectivity index (χ3n) is 0.733. The standard InChI is InChI=1S/C6H5Br.Na/c7-6-4-2-1-3-5-6;/h1-5H;/q;+1. The SMILES string of the molecule is Brc1ccccc1.[Na+]. The summed E-state index contributed by atoms with van der Waals surface area (Å²) in [4.78, 5) is 0. The molecule has 0 unspecified atom stereocenters. The fraction of sp³-hybridized carbons (Fsp3) is 0. The molecule has 0 atom stereocenters. The molecule has 0 N–H and O–H groups in total. The Morgan fingerprint density at radius 2 is 1.50 bits per heavy atom. The van der Waals surface area contributed by atoms with Crippen LogP contribution in [0.1, 0.15) is 0 Å². The van der Waals surface area contributed by atoms with Gasteiger partial charge in [-0.2, -0.15) is 0 Å². The molecule has 2 heteroatoms. The van der Waals surface area contributed by atoms with E-state index in [2.05, 4.69) is 15.9 Å². The van der Waals surface area contributed by atoms with E-state index in [-0.39, 0.29) is 29.6 Å². The summed E-state index contributed by atoms with van der Waals surface area (Å²) >= 11 is 3.31. The van der Waals surface area contributed by atoms with Crippen molar-refractivity contribution in [1.29, 1.82) is 0 Å². The van der Waals surface area contributed by atoms with Crippen LogP contribution in [0.2, 0.25) is 0 Å². The van der Waals surface area contributed by atoms with Crippen molar-refractivity contribution in [1.82, 2.24) is 0 Å². The molecule has 0 saturated heterocycles. The molecule has 0 bridgehead atoms. The van der Waals surface area contributed by atoms with Crippen molar-refractivity contribution in [2.75, 3.05) is 0 Å². The first kappa shape index (κ1) is 8.70. The van der Waals surface area contributed by atoms with Gasteiger partial charge in [-0.05, 0) is 12.1 Å². The van der Waals surface area contributed by atoms with Gasteiger partial charge in [-0.15, -0.1) is 0 Å². The Hall–Kier alpha value is 0.700. The smallest absolute Gasteiger partial charge is 0.0622 e. The quantitative estimate of drug-likeness (QED) is 0.470. The Morgan fingerprint density at radius 1 is 1.00 bits per heavy atom. The Morgan fingerprint density at radius 3 is 1.75 bits per heavy atom. The summed E-state index contributed by atoms with van der Waals surface area (Å²) in [5, 5.41) is 0. The number of hydrogen-bond donors (Lipinski definition) is 0. The zero-order chi connectivity index (χ0) is 5.11. The normalized spacial score (nSPS) is 7.62. The van der Waals surface area contributed by atoms with E-state index in [9.17, 15) is 0 Å². The van der Waals surface area contributed by atoms with Crippen LogP contribution in [-0.4, -0.2) is 0 Å². The van der Waals surface area contributed by atoms with Crippen molar-refractivity contribution in [2.45, 2.75) is 0 Å². The van der Waals surface area contributed by atoms with Crippen LogP contribution in [0.15, 0.2) is 34.8 Å². The van der Waals surface area contributed by atoms with Gasteiger partial charge in [-0.25, -0.2) is 0 Å². The van der Waals surface area contributed by atoms with E-state index in [0.717, 1.165) is 4.47 Å². The van der Waals surface area contributed by atoms with Crippen molar-refractivity contribution < 1.29 is 29.6 Å². The van der Waals surface area contributed by atoms with Crippen LogP contribution >= 0.6 is 15.9 Å². The molecule has 0 aliphatic carbocycles. The minimum absolute atomic E-state index is 0. The van der Waals surface area contributed by atoms with Gasteiger partial charge in [0.05, 0.1) is 0 Å². The van der Waals surface area contributed by atoms with Gasteiger partial charge in [-0.3, -0.25) is 0 Å². The maximum absolute atomic E-state index is 3.31. The molecule has 0 radical (unpaired) electrons. The summed E-state index contributed by atoms with van der Waals surface area (Å²) < 4.78 is 1.13. The monoisotopic (exact) mass is 179 g/mol. The van der Waals surface area contributed by atoms with Gasteiger partial charge in [0.1, 0.15) is 0 Å². The molecule has 0 heterocycles. The van der Waals surface area contributed by atoms with E-state index in [1.807, 2.05) is 30.3 Å². The Labute approximate surface area is 79.7 Å². The molecular weight excluding hydrogens is 175 g/mol. The third-order valence-corrected chi connectivity index (χ3v) is 1.26. The summed E-state index contributed by atoms with van der Waals surface area (Å²) in [7, 11) is 0. The predicted octanol–water partition coefficient (Wildman–Crippen LogP) is -0.547. The number of hydrogen-bond acceptors (Lipinski definition) is 0. The first-order chi connectivity index (χ1) is 3.39. The van der Waals surface area contributed by atoms with Crippen LogP contribution < -0.4 is 29.6 Å². The molecule has 8 heavy (non-hydrogen) atoms. The van der Waals surface area contributed by atoms with E-state index in [0.29, 0.717) is 0 Å². The van der Waals surface area contributed by atoms with Crippen LogP contribution in [0.25, 0.3) is 0 Å². The molecule has 0 aromatic heterocycles. The van der Waals surface area contributed by atoms with E-state index >= 15 is 0 Å². The molecule has 0 fully saturated rings. The maximum Gasteiger partial charge on any atom is 1.00 e. The van der Waals surface area contributed by atoms with E-state index in [4.69, 9.17) is 0 Å². The molecule has 0 amide bonds. The van der Waals surface area contributed by atoms with E-state index in [1.54, 1.807) is 0 Å². The minimum Gasteiger partial charge on any atom is -0.0622 e. The van der Waals surface area contributed by atoms with Crippen LogP contribution in [0.5, 0.6) is 0 Å². The second-order valence-electron chi connectivity index (χ2n) is 1.30. The van der Waals surface area contributed by atoms with Crippen molar-refractivity contribution in [3.8, 4) is 0 Å². The van der Waals surface area contributed by atoms with Crippen molar-refractivity contribution in [3.63, 3.8) is 0 Å². The van der Waals surface area contributed by atoms with Gasteiger partial charge in [0, 0.05) is 4.47 Å². The topological polar surface area (TPSA) is 0 Å². The molecule has 0 nitrogen and oxygen atoms in total. The fourth-order valence-electron chi connectivity index (χ4n) is 0.415. The molecule has 0 spiro atoms. The summed E-state index contributed by atoms with van der Waals surface area (Å²) in [6.45, 7) is 0. The van der Waals surface area contributed by atoms with Crippen LogP contribution in [0.4, 0.5) is 0 Å². The van der Waals surface area contributed by atoms with E-state index < -0.39 is 0 Å². The van der Waals surface area contributed by atoms with Crippen LogP contribution in [0, 0.1) is 0 Å². The fourth-order valence-corrected chi connectivity index (χ4v) is 0.720. The first-order valence-electron chi connectivity index (χ1n) is 2.10. The summed E-state index contributed by atoms with van der Waals surface area (Å²) in [5.41, 5.74) is 0. The predicted molar refractivity (Wildman–Crippen MR) is 34.1 cm³/mol. The van der Waals surface area contributed by atoms with Gasteiger partial charge >= 0.3 is 29.6 Å². The van der Waals surface area contributed by atoms with Gasteiger partial charge in [0.15, 0.2) is 0 Å². The Bertz CT molecular complexity index is 138.